The number of Topliss-reactive ketones (excluding diaryl/α,β-unsaturated/α-hetero) is 1. The van der Waals surface area contributed by atoms with Gasteiger partial charge in [-0.05, 0) is 43.9 Å². The molecule has 0 radical (unpaired) electrons. The number of carbonyl (C=O) groups excluding carboxylic acids is 2. The van der Waals surface area contributed by atoms with E-state index in [0.29, 0.717) is 6.42 Å². The van der Waals surface area contributed by atoms with Gasteiger partial charge >= 0.3 is 0 Å². The molecule has 2 bridgehead atoms. The van der Waals surface area contributed by atoms with E-state index in [0.717, 1.165) is 36.5 Å². The van der Waals surface area contributed by atoms with Crippen LogP contribution in [0.3, 0.4) is 0 Å². The van der Waals surface area contributed by atoms with E-state index in [9.17, 15) is 9.59 Å². The lowest BCUT2D eigenvalue weighted by Gasteiger charge is -2.38. The van der Waals surface area contributed by atoms with Gasteiger partial charge in [0.25, 0.3) is 0 Å². The molecule has 5 heteroatoms. The first-order valence-corrected chi connectivity index (χ1v) is 9.45. The molecule has 0 saturated heterocycles. The van der Waals surface area contributed by atoms with Crippen LogP contribution >= 0.6 is 11.3 Å². The Labute approximate surface area is 141 Å². The number of aromatic nitrogens is 1. The average Bonchev–Trinajstić information content (AvgIpc) is 3.04. The number of rotatable bonds is 2. The monoisotopic (exact) mass is 332 g/mol. The minimum absolute atomic E-state index is 0.00294. The average molecular weight is 332 g/mol. The van der Waals surface area contributed by atoms with Crippen molar-refractivity contribution in [1.29, 1.82) is 0 Å². The minimum atomic E-state index is -0.564. The van der Waals surface area contributed by atoms with E-state index in [1.165, 1.54) is 17.7 Å². The lowest BCUT2D eigenvalue weighted by molar-refractivity contribution is -0.131. The fourth-order valence-electron chi connectivity index (χ4n) is 4.98. The fraction of sp³-hybridized carbons (Fsp3) is 0.722. The molecule has 0 aliphatic heterocycles. The molecule has 1 aromatic heterocycles. The lowest BCUT2D eigenvalue weighted by atomic mass is 9.64. The van der Waals surface area contributed by atoms with Gasteiger partial charge in [-0.15, -0.1) is 11.3 Å². The van der Waals surface area contributed by atoms with Crippen LogP contribution in [0.2, 0.25) is 0 Å². The predicted molar refractivity (Wildman–Crippen MR) is 90.6 cm³/mol. The van der Waals surface area contributed by atoms with Crippen LogP contribution in [0, 0.1) is 16.2 Å². The molecule has 2 saturated carbocycles. The molecule has 0 spiro atoms. The zero-order chi connectivity index (χ0) is 16.5. The Balaban J connectivity index is 1.62. The normalized spacial score (nSPS) is 34.5. The van der Waals surface area contributed by atoms with Crippen LogP contribution in [0.1, 0.15) is 63.4 Å². The molecule has 1 heterocycles. The molecule has 0 unspecified atom stereocenters. The maximum absolute atomic E-state index is 13.1. The predicted octanol–water partition coefficient (Wildman–Crippen LogP) is 3.75. The molecular formula is C18H24N2O2S. The molecule has 2 atom stereocenters. The van der Waals surface area contributed by atoms with Crippen LogP contribution in [0.15, 0.2) is 0 Å². The summed E-state index contributed by atoms with van der Waals surface area (Å²) < 4.78 is 0. The van der Waals surface area contributed by atoms with Crippen LogP contribution in [-0.4, -0.2) is 16.7 Å². The molecule has 1 amide bonds. The Morgan fingerprint density at radius 1 is 1.17 bits per heavy atom. The van der Waals surface area contributed by atoms with Gasteiger partial charge in [-0.1, -0.05) is 20.8 Å². The highest BCUT2D eigenvalue weighted by Gasteiger charge is 2.72. The number of fused-ring (bicyclic) bond motifs is 3. The summed E-state index contributed by atoms with van der Waals surface area (Å²) in [5, 5.41) is 3.79. The Morgan fingerprint density at radius 2 is 1.91 bits per heavy atom. The van der Waals surface area contributed by atoms with Crippen molar-refractivity contribution < 1.29 is 9.59 Å². The van der Waals surface area contributed by atoms with Crippen LogP contribution in [-0.2, 0) is 22.4 Å². The second-order valence-electron chi connectivity index (χ2n) is 8.19. The summed E-state index contributed by atoms with van der Waals surface area (Å²) in [5.74, 6) is 0.255. The van der Waals surface area contributed by atoms with E-state index in [4.69, 9.17) is 0 Å². The molecule has 4 nitrogen and oxygen atoms in total. The van der Waals surface area contributed by atoms with Crippen molar-refractivity contribution in [1.82, 2.24) is 4.98 Å². The van der Waals surface area contributed by atoms with Gasteiger partial charge in [-0.25, -0.2) is 4.98 Å². The molecule has 0 aromatic carbocycles. The maximum atomic E-state index is 13.1. The van der Waals surface area contributed by atoms with E-state index < -0.39 is 5.41 Å². The van der Waals surface area contributed by atoms with Crippen LogP contribution < -0.4 is 5.32 Å². The highest BCUT2D eigenvalue weighted by molar-refractivity contribution is 7.15. The van der Waals surface area contributed by atoms with Crippen molar-refractivity contribution in [2.75, 3.05) is 5.32 Å². The summed E-state index contributed by atoms with van der Waals surface area (Å²) in [6, 6.07) is 0. The summed E-state index contributed by atoms with van der Waals surface area (Å²) in [4.78, 5) is 31.6. The van der Waals surface area contributed by atoms with Gasteiger partial charge in [0, 0.05) is 16.7 Å². The third-order valence-corrected chi connectivity index (χ3v) is 8.28. The van der Waals surface area contributed by atoms with Crippen molar-refractivity contribution in [3.05, 3.63) is 10.6 Å². The highest BCUT2D eigenvalue weighted by atomic mass is 32.1. The molecule has 124 valence electrons. The first kappa shape index (κ1) is 15.3. The van der Waals surface area contributed by atoms with Gasteiger partial charge in [0.05, 0.1) is 11.1 Å². The zero-order valence-electron chi connectivity index (χ0n) is 14.1. The molecule has 1 aromatic rings. The molecule has 1 N–H and O–H groups in total. The number of aryl methyl sites for hydroxylation is 2. The second kappa shape index (κ2) is 4.65. The molecule has 4 rings (SSSR count). The zero-order valence-corrected chi connectivity index (χ0v) is 14.9. The molecule has 2 fully saturated rings. The van der Waals surface area contributed by atoms with Crippen LogP contribution in [0.4, 0.5) is 5.13 Å². The fourth-order valence-corrected chi connectivity index (χ4v) is 6.03. The summed E-state index contributed by atoms with van der Waals surface area (Å²) in [7, 11) is 0. The van der Waals surface area contributed by atoms with Gasteiger partial charge in [-0.2, -0.15) is 0 Å². The van der Waals surface area contributed by atoms with E-state index >= 15 is 0 Å². The summed E-state index contributed by atoms with van der Waals surface area (Å²) >= 11 is 1.62. The van der Waals surface area contributed by atoms with Crippen molar-refractivity contribution in [2.24, 2.45) is 16.2 Å². The van der Waals surface area contributed by atoms with Gasteiger partial charge < -0.3 is 5.32 Å². The van der Waals surface area contributed by atoms with Crippen LogP contribution in [0.25, 0.3) is 0 Å². The Hall–Kier alpha value is -1.23. The number of nitrogens with zero attached hydrogens (tertiary/aromatic N) is 1. The van der Waals surface area contributed by atoms with Crippen molar-refractivity contribution in [3.63, 3.8) is 0 Å². The largest absolute Gasteiger partial charge is 0.301 e. The van der Waals surface area contributed by atoms with Gasteiger partial charge in [0.15, 0.2) is 5.13 Å². The lowest BCUT2D eigenvalue weighted by Crippen LogP contribution is -2.43. The SMILES string of the molecule is CC1(C)[C@@]2(C(=O)Nc3nc4c(s3)CCCC4)CC[C@]1(C)C(=O)C2. The number of hydrogen-bond donors (Lipinski definition) is 1. The Kier molecular flexibility index (Phi) is 3.10. The van der Waals surface area contributed by atoms with Crippen molar-refractivity contribution in [2.45, 2.75) is 65.7 Å². The second-order valence-corrected chi connectivity index (χ2v) is 9.27. The summed E-state index contributed by atoms with van der Waals surface area (Å²) in [6.07, 6.45) is 6.51. The summed E-state index contributed by atoms with van der Waals surface area (Å²) in [6.45, 7) is 6.23. The van der Waals surface area contributed by atoms with E-state index in [-0.39, 0.29) is 22.5 Å². The smallest absolute Gasteiger partial charge is 0.233 e. The van der Waals surface area contributed by atoms with Gasteiger partial charge in [0.2, 0.25) is 5.91 Å². The number of ketones is 1. The number of anilines is 1. The van der Waals surface area contributed by atoms with E-state index in [1.54, 1.807) is 11.3 Å². The number of nitrogens with one attached hydrogen (secondary N) is 1. The first-order chi connectivity index (χ1) is 10.8. The number of carbonyl (C=O) groups is 2. The minimum Gasteiger partial charge on any atom is -0.301 e. The number of thiazole rings is 1. The standard InChI is InChI=1S/C18H24N2O2S/c1-16(2)17(3)8-9-18(16,10-13(17)21)14(22)20-15-19-11-6-4-5-7-12(11)23-15/h4-10H2,1-3H3,(H,19,20,22)/t17-,18+/m1/s1. The molecule has 3 aliphatic carbocycles. The summed E-state index contributed by atoms with van der Waals surface area (Å²) in [5.41, 5.74) is -0.0535. The van der Waals surface area contributed by atoms with E-state index in [1.807, 2.05) is 6.92 Å². The van der Waals surface area contributed by atoms with E-state index in [2.05, 4.69) is 24.1 Å². The van der Waals surface area contributed by atoms with Gasteiger partial charge in [0.1, 0.15) is 5.78 Å². The quantitative estimate of drug-likeness (QED) is 0.897. The molecular weight excluding hydrogens is 308 g/mol. The van der Waals surface area contributed by atoms with Gasteiger partial charge in [-0.3, -0.25) is 9.59 Å². The topological polar surface area (TPSA) is 59.1 Å². The Bertz CT molecular complexity index is 684. The van der Waals surface area contributed by atoms with Crippen molar-refractivity contribution in [3.8, 4) is 0 Å². The Morgan fingerprint density at radius 3 is 2.52 bits per heavy atom. The van der Waals surface area contributed by atoms with Crippen molar-refractivity contribution >= 4 is 28.2 Å². The molecule has 23 heavy (non-hydrogen) atoms. The molecule has 3 aliphatic rings. The van der Waals surface area contributed by atoms with Crippen LogP contribution in [0.5, 0.6) is 0 Å². The number of hydrogen-bond acceptors (Lipinski definition) is 4. The third kappa shape index (κ3) is 1.80. The number of amides is 1. The third-order valence-electron chi connectivity index (χ3n) is 7.21. The first-order valence-electron chi connectivity index (χ1n) is 8.64. The highest BCUT2D eigenvalue weighted by Crippen LogP contribution is 2.70. The maximum Gasteiger partial charge on any atom is 0.233 e.